The normalized spacial score (nSPS) is 10.0. The van der Waals surface area contributed by atoms with Gasteiger partial charge < -0.3 is 4.74 Å². The highest BCUT2D eigenvalue weighted by atomic mass is 32.2. The van der Waals surface area contributed by atoms with E-state index in [0.29, 0.717) is 17.9 Å². The van der Waals surface area contributed by atoms with Gasteiger partial charge in [0, 0.05) is 11.5 Å². The van der Waals surface area contributed by atoms with Gasteiger partial charge in [0.05, 0.1) is 12.2 Å². The van der Waals surface area contributed by atoms with Gasteiger partial charge in [-0.25, -0.2) is 0 Å². The van der Waals surface area contributed by atoms with E-state index in [9.17, 15) is 0 Å². The van der Waals surface area contributed by atoms with Gasteiger partial charge in [-0.15, -0.1) is 0 Å². The van der Waals surface area contributed by atoms with Gasteiger partial charge in [0.15, 0.2) is 0 Å². The van der Waals surface area contributed by atoms with Crippen LogP contribution in [-0.4, -0.2) is 12.4 Å². The van der Waals surface area contributed by atoms with E-state index in [1.54, 1.807) is 6.07 Å². The summed E-state index contributed by atoms with van der Waals surface area (Å²) in [6.45, 7) is 2.73. The van der Waals surface area contributed by atoms with E-state index >= 15 is 0 Å². The number of thioether (sulfide) groups is 1. The molecule has 0 N–H and O–H groups in total. The summed E-state index contributed by atoms with van der Waals surface area (Å²) in [5, 5.41) is 8.96. The number of hydrogen-bond donors (Lipinski definition) is 0. The lowest BCUT2D eigenvalue weighted by molar-refractivity contribution is 0.343. The molecular formula is C17H17NOS. The predicted octanol–water partition coefficient (Wildman–Crippen LogP) is 4.18. The molecule has 0 fully saturated rings. The van der Waals surface area contributed by atoms with Gasteiger partial charge in [0.2, 0.25) is 0 Å². The number of nitrogens with zero attached hydrogens (tertiary/aromatic N) is 1. The van der Waals surface area contributed by atoms with E-state index in [0.717, 1.165) is 11.5 Å². The first kappa shape index (κ1) is 14.5. The molecular weight excluding hydrogens is 266 g/mol. The molecule has 2 rings (SSSR count). The Balaban J connectivity index is 1.73. The molecule has 0 atom stereocenters. The Labute approximate surface area is 124 Å². The molecule has 0 aliphatic carbocycles. The summed E-state index contributed by atoms with van der Waals surface area (Å²) in [6.07, 6.45) is 0. The van der Waals surface area contributed by atoms with Crippen LogP contribution < -0.4 is 4.74 Å². The zero-order chi connectivity index (χ0) is 14.2. The number of para-hydroxylation sites is 1. The molecule has 3 heteroatoms. The average molecular weight is 283 g/mol. The maximum absolute atomic E-state index is 8.96. The Morgan fingerprint density at radius 1 is 1.15 bits per heavy atom. The molecule has 0 spiro atoms. The fraction of sp³-hybridized carbons (Fsp3) is 0.235. The second-order valence-electron chi connectivity index (χ2n) is 4.50. The molecule has 0 heterocycles. The maximum Gasteiger partial charge on any atom is 0.137 e. The lowest BCUT2D eigenvalue weighted by atomic mass is 10.2. The minimum atomic E-state index is 0.594. The quantitative estimate of drug-likeness (QED) is 0.746. The highest BCUT2D eigenvalue weighted by Crippen LogP contribution is 2.18. The number of aryl methyl sites for hydroxylation is 1. The topological polar surface area (TPSA) is 33.0 Å². The van der Waals surface area contributed by atoms with Crippen molar-refractivity contribution in [2.45, 2.75) is 12.7 Å². The SMILES string of the molecule is Cc1cccc(CSCCOc2ccccc2C#N)c1. The fourth-order valence-corrected chi connectivity index (χ4v) is 2.65. The van der Waals surface area contributed by atoms with E-state index in [1.165, 1.54) is 11.1 Å². The Morgan fingerprint density at radius 2 is 2.00 bits per heavy atom. The molecule has 0 aliphatic heterocycles. The van der Waals surface area contributed by atoms with Crippen LogP contribution in [-0.2, 0) is 5.75 Å². The van der Waals surface area contributed by atoms with Gasteiger partial charge in [0.25, 0.3) is 0 Å². The first-order chi connectivity index (χ1) is 9.79. The van der Waals surface area contributed by atoms with Crippen molar-refractivity contribution >= 4 is 11.8 Å². The molecule has 0 unspecified atom stereocenters. The standard InChI is InChI=1S/C17H17NOS/c1-14-5-4-6-15(11-14)13-20-10-9-19-17-8-3-2-7-16(17)12-18/h2-8,11H,9-10,13H2,1H3. The highest BCUT2D eigenvalue weighted by molar-refractivity contribution is 7.98. The summed E-state index contributed by atoms with van der Waals surface area (Å²) in [5.74, 6) is 2.57. The van der Waals surface area contributed by atoms with Gasteiger partial charge in [-0.3, -0.25) is 0 Å². The van der Waals surface area contributed by atoms with Crippen LogP contribution in [0.15, 0.2) is 48.5 Å². The molecule has 0 aromatic heterocycles. The van der Waals surface area contributed by atoms with Crippen LogP contribution in [0.25, 0.3) is 0 Å². The molecule has 0 bridgehead atoms. The first-order valence-corrected chi connectivity index (χ1v) is 7.70. The Hall–Kier alpha value is -1.92. The molecule has 0 saturated heterocycles. The fourth-order valence-electron chi connectivity index (χ4n) is 1.89. The molecule has 0 amide bonds. The van der Waals surface area contributed by atoms with Crippen LogP contribution in [0.3, 0.4) is 0 Å². The first-order valence-electron chi connectivity index (χ1n) is 6.55. The van der Waals surface area contributed by atoms with Crippen molar-refractivity contribution in [3.8, 4) is 11.8 Å². The van der Waals surface area contributed by atoms with Crippen molar-refractivity contribution < 1.29 is 4.74 Å². The lowest BCUT2D eigenvalue weighted by Crippen LogP contribution is -2.01. The smallest absolute Gasteiger partial charge is 0.137 e. The Morgan fingerprint density at radius 3 is 2.80 bits per heavy atom. The Kier molecular flexibility index (Phi) is 5.52. The van der Waals surface area contributed by atoms with E-state index in [4.69, 9.17) is 10.00 Å². The number of rotatable bonds is 6. The van der Waals surface area contributed by atoms with Crippen molar-refractivity contribution in [3.05, 3.63) is 65.2 Å². The maximum atomic E-state index is 8.96. The molecule has 2 nitrogen and oxygen atoms in total. The highest BCUT2D eigenvalue weighted by Gasteiger charge is 2.01. The number of ether oxygens (including phenoxy) is 1. The minimum absolute atomic E-state index is 0.594. The van der Waals surface area contributed by atoms with E-state index < -0.39 is 0 Å². The molecule has 2 aromatic rings. The number of hydrogen-bond acceptors (Lipinski definition) is 3. The largest absolute Gasteiger partial charge is 0.491 e. The van der Waals surface area contributed by atoms with Crippen LogP contribution >= 0.6 is 11.8 Å². The molecule has 102 valence electrons. The van der Waals surface area contributed by atoms with Crippen molar-refractivity contribution in [1.29, 1.82) is 5.26 Å². The zero-order valence-corrected chi connectivity index (χ0v) is 12.3. The third-order valence-corrected chi connectivity index (χ3v) is 3.84. The predicted molar refractivity (Wildman–Crippen MR) is 84.0 cm³/mol. The van der Waals surface area contributed by atoms with Crippen molar-refractivity contribution in [2.75, 3.05) is 12.4 Å². The summed E-state index contributed by atoms with van der Waals surface area (Å²) in [5.41, 5.74) is 3.23. The van der Waals surface area contributed by atoms with E-state index in [1.807, 2.05) is 30.0 Å². The third-order valence-electron chi connectivity index (χ3n) is 2.84. The van der Waals surface area contributed by atoms with E-state index in [-0.39, 0.29) is 0 Å². The van der Waals surface area contributed by atoms with Crippen LogP contribution in [0.2, 0.25) is 0 Å². The lowest BCUT2D eigenvalue weighted by Gasteiger charge is -2.07. The van der Waals surface area contributed by atoms with Gasteiger partial charge in [-0.1, -0.05) is 42.0 Å². The monoisotopic (exact) mass is 283 g/mol. The van der Waals surface area contributed by atoms with Gasteiger partial charge >= 0.3 is 0 Å². The van der Waals surface area contributed by atoms with Gasteiger partial charge in [-0.2, -0.15) is 17.0 Å². The van der Waals surface area contributed by atoms with Gasteiger partial charge in [0.1, 0.15) is 11.8 Å². The summed E-state index contributed by atoms with van der Waals surface area (Å²) >= 11 is 1.84. The number of nitriles is 1. The molecule has 2 aromatic carbocycles. The minimum Gasteiger partial charge on any atom is -0.491 e. The molecule has 0 radical (unpaired) electrons. The van der Waals surface area contributed by atoms with Crippen LogP contribution in [0.1, 0.15) is 16.7 Å². The second-order valence-corrected chi connectivity index (χ2v) is 5.60. The summed E-state index contributed by atoms with van der Waals surface area (Å²) in [4.78, 5) is 0. The molecule has 20 heavy (non-hydrogen) atoms. The summed E-state index contributed by atoms with van der Waals surface area (Å²) in [6, 6.07) is 18.0. The number of benzene rings is 2. The van der Waals surface area contributed by atoms with Crippen LogP contribution in [0.4, 0.5) is 0 Å². The van der Waals surface area contributed by atoms with Crippen LogP contribution in [0, 0.1) is 18.3 Å². The molecule has 0 saturated carbocycles. The zero-order valence-electron chi connectivity index (χ0n) is 11.5. The van der Waals surface area contributed by atoms with Crippen LogP contribution in [0.5, 0.6) is 5.75 Å². The third kappa shape index (κ3) is 4.32. The summed E-state index contributed by atoms with van der Waals surface area (Å²) < 4.78 is 5.65. The van der Waals surface area contributed by atoms with Crippen molar-refractivity contribution in [3.63, 3.8) is 0 Å². The summed E-state index contributed by atoms with van der Waals surface area (Å²) in [7, 11) is 0. The van der Waals surface area contributed by atoms with Crippen molar-refractivity contribution in [2.24, 2.45) is 0 Å². The van der Waals surface area contributed by atoms with Crippen molar-refractivity contribution in [1.82, 2.24) is 0 Å². The van der Waals surface area contributed by atoms with Gasteiger partial charge in [-0.05, 0) is 24.6 Å². The average Bonchev–Trinajstić information content (AvgIpc) is 2.47. The second kappa shape index (κ2) is 7.62. The van der Waals surface area contributed by atoms with E-state index in [2.05, 4.69) is 37.3 Å². The Bertz CT molecular complexity index is 604. The molecule has 0 aliphatic rings.